The third-order valence-corrected chi connectivity index (χ3v) is 4.26. The lowest BCUT2D eigenvalue weighted by Crippen LogP contribution is -2.30. The lowest BCUT2D eigenvalue weighted by atomic mass is 10.0. The van der Waals surface area contributed by atoms with Crippen molar-refractivity contribution in [2.75, 3.05) is 38.6 Å². The fraction of sp³-hybridized carbons (Fsp3) is 0.318. The zero-order chi connectivity index (χ0) is 18.2. The van der Waals surface area contributed by atoms with Gasteiger partial charge in [0.1, 0.15) is 0 Å². The van der Waals surface area contributed by atoms with E-state index in [1.165, 1.54) is 0 Å². The zero-order valence-corrected chi connectivity index (χ0v) is 15.0. The van der Waals surface area contributed by atoms with Gasteiger partial charge in [0.15, 0.2) is 5.78 Å². The van der Waals surface area contributed by atoms with Gasteiger partial charge < -0.3 is 4.90 Å². The Labute approximate surface area is 150 Å². The van der Waals surface area contributed by atoms with Gasteiger partial charge >= 0.3 is 0 Å². The molecule has 0 fully saturated rings. The van der Waals surface area contributed by atoms with E-state index in [-0.39, 0.29) is 5.78 Å². The molecule has 0 amide bonds. The highest BCUT2D eigenvalue weighted by Crippen LogP contribution is 2.23. The fourth-order valence-electron chi connectivity index (χ4n) is 2.66. The molecular formula is C22H24N2O. The summed E-state index contributed by atoms with van der Waals surface area (Å²) in [6.07, 6.45) is 11.4. The number of terminal acetylenes is 2. The average molecular weight is 332 g/mol. The van der Waals surface area contributed by atoms with Gasteiger partial charge in [0.2, 0.25) is 0 Å². The first kappa shape index (κ1) is 18.6. The minimum Gasteiger partial charge on any atom is -0.373 e. The maximum absolute atomic E-state index is 12.1. The molecule has 0 heterocycles. The van der Waals surface area contributed by atoms with Crippen molar-refractivity contribution in [1.82, 2.24) is 4.90 Å². The molecule has 3 nitrogen and oxygen atoms in total. The van der Waals surface area contributed by atoms with Crippen molar-refractivity contribution in [3.63, 3.8) is 0 Å². The van der Waals surface area contributed by atoms with Crippen LogP contribution in [0.15, 0.2) is 36.4 Å². The molecule has 0 unspecified atom stereocenters. The predicted molar refractivity (Wildman–Crippen MR) is 106 cm³/mol. The van der Waals surface area contributed by atoms with Crippen LogP contribution in [0.5, 0.6) is 0 Å². The molecule has 0 radical (unpaired) electrons. The number of nitrogens with zero attached hydrogens (tertiary/aromatic N) is 2. The van der Waals surface area contributed by atoms with Crippen LogP contribution >= 0.6 is 0 Å². The first-order valence-corrected chi connectivity index (χ1v) is 8.38. The fourth-order valence-corrected chi connectivity index (χ4v) is 2.66. The highest BCUT2D eigenvalue weighted by molar-refractivity contribution is 6.00. The topological polar surface area (TPSA) is 23.6 Å². The summed E-state index contributed by atoms with van der Waals surface area (Å²) in [7, 11) is 4.09. The highest BCUT2D eigenvalue weighted by atomic mass is 16.1. The number of carbonyl (C=O) groups is 1. The molecule has 0 bridgehead atoms. The van der Waals surface area contributed by atoms with Crippen molar-refractivity contribution in [2.24, 2.45) is 0 Å². The van der Waals surface area contributed by atoms with Gasteiger partial charge in [0.05, 0.1) is 6.54 Å². The second kappa shape index (κ2) is 8.92. The Kier molecular flexibility index (Phi) is 6.63. The number of fused-ring (bicyclic) bond motifs is 1. The third-order valence-electron chi connectivity index (χ3n) is 4.26. The normalized spacial score (nSPS) is 10.4. The second-order valence-corrected chi connectivity index (χ2v) is 6.24. The van der Waals surface area contributed by atoms with Gasteiger partial charge in [-0.25, -0.2) is 0 Å². The van der Waals surface area contributed by atoms with Crippen LogP contribution in [-0.4, -0.2) is 44.4 Å². The van der Waals surface area contributed by atoms with E-state index in [1.54, 1.807) is 0 Å². The number of anilines is 1. The van der Waals surface area contributed by atoms with Crippen LogP contribution in [0.25, 0.3) is 10.8 Å². The average Bonchev–Trinajstić information content (AvgIpc) is 2.63. The summed E-state index contributed by atoms with van der Waals surface area (Å²) < 4.78 is 0. The molecule has 0 aliphatic carbocycles. The summed E-state index contributed by atoms with van der Waals surface area (Å²) in [5.41, 5.74) is 1.87. The molecule has 0 saturated carbocycles. The second-order valence-electron chi connectivity index (χ2n) is 6.24. The zero-order valence-electron chi connectivity index (χ0n) is 15.0. The van der Waals surface area contributed by atoms with Gasteiger partial charge in [-0.05, 0) is 36.0 Å². The van der Waals surface area contributed by atoms with Crippen LogP contribution < -0.4 is 4.90 Å². The number of Topliss-reactive ketones (excluding diaryl/α,β-unsaturated/α-hetero) is 1. The van der Waals surface area contributed by atoms with Gasteiger partial charge in [-0.2, -0.15) is 0 Å². The summed E-state index contributed by atoms with van der Waals surface area (Å²) in [5, 5.41) is 2.18. The van der Waals surface area contributed by atoms with Gasteiger partial charge in [0.25, 0.3) is 0 Å². The Morgan fingerprint density at radius 3 is 2.44 bits per heavy atom. The molecular weight excluding hydrogens is 308 g/mol. The van der Waals surface area contributed by atoms with Crippen molar-refractivity contribution in [3.8, 4) is 24.7 Å². The minimum absolute atomic E-state index is 0.0950. The Morgan fingerprint density at radius 1 is 1.00 bits per heavy atom. The van der Waals surface area contributed by atoms with E-state index >= 15 is 0 Å². The molecule has 2 aromatic carbocycles. The van der Waals surface area contributed by atoms with Gasteiger partial charge in [-0.3, -0.25) is 9.69 Å². The van der Waals surface area contributed by atoms with E-state index in [1.807, 2.05) is 25.2 Å². The van der Waals surface area contributed by atoms with Gasteiger partial charge in [0, 0.05) is 44.2 Å². The summed E-state index contributed by atoms with van der Waals surface area (Å²) in [6, 6.07) is 12.1. The molecule has 0 aliphatic heterocycles. The smallest absolute Gasteiger partial charge is 0.163 e. The number of likely N-dealkylation sites (N-methyl/N-ethyl adjacent to an activating group) is 2. The molecule has 3 heteroatoms. The Balaban J connectivity index is 2.11. The van der Waals surface area contributed by atoms with Crippen molar-refractivity contribution < 1.29 is 4.79 Å². The molecule has 25 heavy (non-hydrogen) atoms. The molecule has 0 spiro atoms. The van der Waals surface area contributed by atoms with Crippen molar-refractivity contribution >= 4 is 22.2 Å². The molecule has 0 aliphatic rings. The third kappa shape index (κ3) is 5.11. The maximum atomic E-state index is 12.1. The summed E-state index contributed by atoms with van der Waals surface area (Å²) in [4.78, 5) is 16.4. The highest BCUT2D eigenvalue weighted by Gasteiger charge is 2.08. The summed E-state index contributed by atoms with van der Waals surface area (Å²) >= 11 is 0. The van der Waals surface area contributed by atoms with E-state index in [9.17, 15) is 4.79 Å². The Hall–Kier alpha value is -2.75. The van der Waals surface area contributed by atoms with E-state index in [2.05, 4.69) is 46.9 Å². The number of benzene rings is 2. The SMILES string of the molecule is C#CCCC(=O)c1ccc2cc(N(C)CCN(C)CC#C)ccc2c1. The molecule has 0 atom stereocenters. The Morgan fingerprint density at radius 2 is 1.72 bits per heavy atom. The van der Waals surface area contributed by atoms with Crippen molar-refractivity contribution in [3.05, 3.63) is 42.0 Å². The standard InChI is InChI=1S/C22H24N2O/c1-5-7-8-22(25)20-10-9-19-17-21(12-11-18(19)16-20)24(4)15-14-23(3)13-6-2/h1-2,9-12,16-17H,7-8,13-15H2,3-4H3. The monoisotopic (exact) mass is 332 g/mol. The number of ketones is 1. The molecule has 128 valence electrons. The number of rotatable bonds is 8. The minimum atomic E-state index is 0.0950. The van der Waals surface area contributed by atoms with Gasteiger partial charge in [-0.15, -0.1) is 18.8 Å². The molecule has 0 aromatic heterocycles. The summed E-state index contributed by atoms with van der Waals surface area (Å²) in [6.45, 7) is 2.45. The van der Waals surface area contributed by atoms with Crippen LogP contribution in [-0.2, 0) is 0 Å². The predicted octanol–water partition coefficient (Wildman–Crippen LogP) is 3.44. The first-order valence-electron chi connectivity index (χ1n) is 8.38. The number of carbonyl (C=O) groups excluding carboxylic acids is 1. The molecule has 2 rings (SSSR count). The van der Waals surface area contributed by atoms with E-state index in [0.717, 1.165) is 35.1 Å². The lowest BCUT2D eigenvalue weighted by Gasteiger charge is -2.23. The van der Waals surface area contributed by atoms with Crippen molar-refractivity contribution in [1.29, 1.82) is 0 Å². The lowest BCUT2D eigenvalue weighted by molar-refractivity contribution is 0.0984. The maximum Gasteiger partial charge on any atom is 0.163 e. The van der Waals surface area contributed by atoms with Crippen molar-refractivity contribution in [2.45, 2.75) is 12.8 Å². The Bertz CT molecular complexity index is 826. The van der Waals surface area contributed by atoms with E-state index in [4.69, 9.17) is 12.8 Å². The molecule has 2 aromatic rings. The number of hydrogen-bond donors (Lipinski definition) is 0. The van der Waals surface area contributed by atoms with E-state index in [0.29, 0.717) is 19.4 Å². The van der Waals surface area contributed by atoms with Crippen LogP contribution in [0.1, 0.15) is 23.2 Å². The van der Waals surface area contributed by atoms with E-state index < -0.39 is 0 Å². The van der Waals surface area contributed by atoms with Gasteiger partial charge in [-0.1, -0.05) is 24.1 Å². The first-order chi connectivity index (χ1) is 12.0. The van der Waals surface area contributed by atoms with Crippen LogP contribution in [0.3, 0.4) is 0 Å². The largest absolute Gasteiger partial charge is 0.373 e. The van der Waals surface area contributed by atoms with Crippen LogP contribution in [0.2, 0.25) is 0 Å². The van der Waals surface area contributed by atoms with Crippen LogP contribution in [0.4, 0.5) is 5.69 Å². The van der Waals surface area contributed by atoms with Crippen LogP contribution in [0, 0.1) is 24.7 Å². The number of hydrogen-bond acceptors (Lipinski definition) is 3. The summed E-state index contributed by atoms with van der Waals surface area (Å²) in [5.74, 6) is 5.26. The molecule has 0 N–H and O–H groups in total. The molecule has 0 saturated heterocycles. The quantitative estimate of drug-likeness (QED) is 0.546.